The number of hydrogen-bond donors (Lipinski definition) is 4. The van der Waals surface area contributed by atoms with Gasteiger partial charge in [-0.2, -0.15) is 0 Å². The molecule has 0 heterocycles. The van der Waals surface area contributed by atoms with Crippen molar-refractivity contribution < 1.29 is 27.1 Å². The molecule has 0 saturated heterocycles. The van der Waals surface area contributed by atoms with Crippen molar-refractivity contribution in [2.75, 3.05) is 13.1 Å². The quantitative estimate of drug-likeness (QED) is 0.238. The molecule has 4 unspecified atom stereocenters. The molecule has 4 atom stereocenters. The average Bonchev–Trinajstić information content (AvgIpc) is 2.35. The van der Waals surface area contributed by atoms with E-state index in [2.05, 4.69) is 23.8 Å². The van der Waals surface area contributed by atoms with E-state index in [4.69, 9.17) is 9.11 Å². The van der Waals surface area contributed by atoms with Gasteiger partial charge in [0.25, 0.3) is 0 Å². The smallest absolute Gasteiger partial charge is 0.242 e. The molecule has 20 heavy (non-hydrogen) atoms. The topological polar surface area (TPSA) is 133 Å². The lowest BCUT2D eigenvalue weighted by Gasteiger charge is -2.11. The molecule has 0 bridgehead atoms. The third kappa shape index (κ3) is 6.19. The Morgan fingerprint density at radius 1 is 0.950 bits per heavy atom. The van der Waals surface area contributed by atoms with Gasteiger partial charge in [-0.3, -0.25) is 9.59 Å². The highest BCUT2D eigenvalue weighted by Gasteiger charge is 2.21. The molecule has 4 N–H and O–H groups in total. The van der Waals surface area contributed by atoms with Gasteiger partial charge in [0.15, 0.2) is 32.7 Å². The lowest BCUT2D eigenvalue weighted by atomic mass is 10.3. The summed E-state index contributed by atoms with van der Waals surface area (Å²) in [6.07, 6.45) is 2.07. The van der Waals surface area contributed by atoms with Crippen molar-refractivity contribution >= 4 is 34.0 Å². The first-order chi connectivity index (χ1) is 9.34. The Morgan fingerprint density at radius 3 is 1.45 bits per heavy atom. The van der Waals surface area contributed by atoms with E-state index in [-0.39, 0.29) is 13.1 Å². The molecule has 0 aliphatic heterocycles. The van der Waals surface area contributed by atoms with Crippen LogP contribution in [0.2, 0.25) is 0 Å². The van der Waals surface area contributed by atoms with Crippen LogP contribution in [0.4, 0.5) is 0 Å². The van der Waals surface area contributed by atoms with Gasteiger partial charge in [0.1, 0.15) is 0 Å². The zero-order valence-electron chi connectivity index (χ0n) is 10.5. The molecular formula is C10H16N2O6S2. The highest BCUT2D eigenvalue weighted by molar-refractivity contribution is 7.81. The first-order valence-corrected chi connectivity index (χ1v) is 7.69. The van der Waals surface area contributed by atoms with Crippen molar-refractivity contribution in [3.05, 3.63) is 25.3 Å². The van der Waals surface area contributed by atoms with Crippen LogP contribution in [0.25, 0.3) is 0 Å². The van der Waals surface area contributed by atoms with Gasteiger partial charge < -0.3 is 19.7 Å². The van der Waals surface area contributed by atoms with E-state index in [0.29, 0.717) is 0 Å². The summed E-state index contributed by atoms with van der Waals surface area (Å²) in [4.78, 5) is 22.8. The summed E-state index contributed by atoms with van der Waals surface area (Å²) >= 11 is -4.73. The first-order valence-electron chi connectivity index (χ1n) is 5.35. The minimum Gasteiger partial charge on any atom is -0.353 e. The lowest BCUT2D eigenvalue weighted by molar-refractivity contribution is -0.121. The van der Waals surface area contributed by atoms with Crippen molar-refractivity contribution in [3.8, 4) is 0 Å². The third-order valence-corrected chi connectivity index (χ3v) is 3.78. The number of amides is 2. The van der Waals surface area contributed by atoms with Gasteiger partial charge in [-0.15, -0.1) is 13.2 Å². The highest BCUT2D eigenvalue weighted by Crippen LogP contribution is 1.96. The maximum absolute atomic E-state index is 11.4. The van der Waals surface area contributed by atoms with Crippen molar-refractivity contribution in [2.24, 2.45) is 0 Å². The second-order valence-corrected chi connectivity index (χ2v) is 5.57. The minimum absolute atomic E-state index is 0.00591. The van der Waals surface area contributed by atoms with Gasteiger partial charge in [0, 0.05) is 13.1 Å². The van der Waals surface area contributed by atoms with Crippen LogP contribution in [0.5, 0.6) is 0 Å². The Bertz CT molecular complexity index is 399. The van der Waals surface area contributed by atoms with E-state index >= 15 is 0 Å². The van der Waals surface area contributed by atoms with Crippen molar-refractivity contribution in [3.63, 3.8) is 0 Å². The number of carbonyl (C=O) groups is 2. The second-order valence-electron chi connectivity index (χ2n) is 3.45. The normalized spacial score (nSPS) is 16.3. The zero-order valence-corrected chi connectivity index (χ0v) is 12.1. The lowest BCUT2D eigenvalue weighted by Crippen LogP contribution is -2.43. The van der Waals surface area contributed by atoms with Crippen LogP contribution in [0.3, 0.4) is 0 Å². The number of hydrogen-bond acceptors (Lipinski definition) is 4. The number of nitrogens with one attached hydrogen (secondary N) is 2. The maximum atomic E-state index is 11.4. The molecule has 114 valence electrons. The van der Waals surface area contributed by atoms with E-state index in [0.717, 1.165) is 12.2 Å². The maximum Gasteiger partial charge on any atom is 0.242 e. The van der Waals surface area contributed by atoms with Crippen LogP contribution in [-0.2, 0) is 31.7 Å². The number of rotatable bonds is 9. The van der Waals surface area contributed by atoms with Crippen LogP contribution in [-0.4, -0.2) is 52.9 Å². The Kier molecular flexibility index (Phi) is 8.88. The molecule has 2 amide bonds. The first kappa shape index (κ1) is 18.6. The van der Waals surface area contributed by atoms with Gasteiger partial charge in [-0.05, 0) is 0 Å². The van der Waals surface area contributed by atoms with E-state index in [1.54, 1.807) is 0 Å². The largest absolute Gasteiger partial charge is 0.353 e. The fraction of sp³-hybridized carbons (Fsp3) is 0.400. The van der Waals surface area contributed by atoms with E-state index < -0.39 is 44.5 Å². The molecule has 0 saturated carbocycles. The summed E-state index contributed by atoms with van der Waals surface area (Å²) in [6, 6.07) is 0. The molecule has 0 aromatic rings. The average molecular weight is 324 g/mol. The third-order valence-electron chi connectivity index (χ3n) is 2.10. The molecule has 0 aromatic carbocycles. The summed E-state index contributed by atoms with van der Waals surface area (Å²) in [6.45, 7) is 6.50. The van der Waals surface area contributed by atoms with E-state index in [1.165, 1.54) is 0 Å². The molecule has 0 aliphatic rings. The molecule has 0 aromatic heterocycles. The van der Waals surface area contributed by atoms with Gasteiger partial charge in [-0.1, -0.05) is 12.2 Å². The van der Waals surface area contributed by atoms with Crippen LogP contribution in [0.15, 0.2) is 25.3 Å². The minimum atomic E-state index is -2.37. The van der Waals surface area contributed by atoms with Crippen LogP contribution in [0.1, 0.15) is 0 Å². The van der Waals surface area contributed by atoms with E-state index in [9.17, 15) is 18.0 Å². The van der Waals surface area contributed by atoms with Gasteiger partial charge in [-0.25, -0.2) is 8.42 Å². The Balaban J connectivity index is 4.14. The Hall–Kier alpha value is -1.36. The predicted molar refractivity (Wildman–Crippen MR) is 75.5 cm³/mol. The molecular weight excluding hydrogens is 308 g/mol. The monoisotopic (exact) mass is 324 g/mol. The van der Waals surface area contributed by atoms with Crippen LogP contribution in [0, 0.1) is 0 Å². The fourth-order valence-corrected chi connectivity index (χ4v) is 2.00. The van der Waals surface area contributed by atoms with Crippen LogP contribution < -0.4 is 10.6 Å². The summed E-state index contributed by atoms with van der Waals surface area (Å²) < 4.78 is 39.1. The summed E-state index contributed by atoms with van der Waals surface area (Å²) in [5, 5.41) is 2.12. The molecule has 0 radical (unpaired) electrons. The number of carbonyl (C=O) groups excluding carboxylic acids is 2. The summed E-state index contributed by atoms with van der Waals surface area (Å²) in [7, 11) is 0. The highest BCUT2D eigenvalue weighted by atomic mass is 32.2. The Morgan fingerprint density at radius 2 is 1.25 bits per heavy atom. The fourth-order valence-electron chi connectivity index (χ4n) is 1.13. The van der Waals surface area contributed by atoms with Crippen molar-refractivity contribution in [1.82, 2.24) is 10.6 Å². The van der Waals surface area contributed by atoms with Gasteiger partial charge >= 0.3 is 0 Å². The molecule has 0 spiro atoms. The van der Waals surface area contributed by atoms with E-state index in [1.807, 2.05) is 0 Å². The van der Waals surface area contributed by atoms with Gasteiger partial charge in [0.05, 0.1) is 0 Å². The second kappa shape index (κ2) is 9.53. The molecule has 0 rings (SSSR count). The van der Waals surface area contributed by atoms with Crippen molar-refractivity contribution in [1.29, 1.82) is 0 Å². The standard InChI is InChI=1S/C10H16N2O6S2/c1-3-7(19(15)16)9(13)11-5-6-12-10(14)8(4-2)20(17)18/h3-4,7-8H,1-2,5-6H2,(H,11,13)(H,12,14)(H,15,16)(H,17,18). The SMILES string of the molecule is C=CC(C(=O)NCCNC(=O)C(C=C)S(=O)O)S(=O)O. The molecule has 8 nitrogen and oxygen atoms in total. The summed E-state index contributed by atoms with van der Waals surface area (Å²) in [5.41, 5.74) is 0. The molecule has 0 aliphatic carbocycles. The predicted octanol–water partition coefficient (Wildman–Crippen LogP) is -1.23. The summed E-state index contributed by atoms with van der Waals surface area (Å²) in [5.74, 6) is -1.41. The molecule has 0 fully saturated rings. The Labute approximate surface area is 121 Å². The van der Waals surface area contributed by atoms with Crippen LogP contribution >= 0.6 is 0 Å². The van der Waals surface area contributed by atoms with Crippen molar-refractivity contribution in [2.45, 2.75) is 10.5 Å². The zero-order chi connectivity index (χ0) is 15.7. The molecule has 10 heteroatoms. The van der Waals surface area contributed by atoms with Gasteiger partial charge in [0.2, 0.25) is 11.8 Å².